The van der Waals surface area contributed by atoms with Crippen LogP contribution in [0.1, 0.15) is 32.2 Å². The SMILES string of the molecule is Cc1nnc(NC(C)CC(C)C)s1. The molecular formula is C9H17N3S. The fourth-order valence-electron chi connectivity index (χ4n) is 1.33. The van der Waals surface area contributed by atoms with Gasteiger partial charge in [0.05, 0.1) is 0 Å². The highest BCUT2D eigenvalue weighted by molar-refractivity contribution is 7.15. The Bertz CT molecular complexity index is 257. The summed E-state index contributed by atoms with van der Waals surface area (Å²) in [5, 5.41) is 13.3. The van der Waals surface area contributed by atoms with Crippen LogP contribution in [0.5, 0.6) is 0 Å². The molecule has 1 aromatic rings. The number of aromatic nitrogens is 2. The van der Waals surface area contributed by atoms with Crippen LogP contribution in [-0.2, 0) is 0 Å². The predicted molar refractivity (Wildman–Crippen MR) is 57.2 cm³/mol. The summed E-state index contributed by atoms with van der Waals surface area (Å²) in [4.78, 5) is 0. The monoisotopic (exact) mass is 199 g/mol. The van der Waals surface area contributed by atoms with Crippen LogP contribution in [0, 0.1) is 12.8 Å². The molecule has 3 nitrogen and oxygen atoms in total. The summed E-state index contributed by atoms with van der Waals surface area (Å²) in [5.41, 5.74) is 0. The zero-order valence-corrected chi connectivity index (χ0v) is 9.48. The Hall–Kier alpha value is -0.640. The molecule has 0 aliphatic carbocycles. The summed E-state index contributed by atoms with van der Waals surface area (Å²) in [5.74, 6) is 0.719. The topological polar surface area (TPSA) is 37.8 Å². The molecule has 1 heterocycles. The maximum atomic E-state index is 4.02. The van der Waals surface area contributed by atoms with Gasteiger partial charge in [0.1, 0.15) is 5.01 Å². The Morgan fingerprint density at radius 2 is 2.00 bits per heavy atom. The van der Waals surface area contributed by atoms with E-state index in [9.17, 15) is 0 Å². The minimum absolute atomic E-state index is 0.479. The van der Waals surface area contributed by atoms with Crippen molar-refractivity contribution < 1.29 is 0 Å². The molecule has 0 amide bonds. The first kappa shape index (κ1) is 10.4. The van der Waals surface area contributed by atoms with Crippen molar-refractivity contribution in [2.45, 2.75) is 40.2 Å². The van der Waals surface area contributed by atoms with Crippen molar-refractivity contribution in [3.05, 3.63) is 5.01 Å². The zero-order chi connectivity index (χ0) is 9.84. The minimum Gasteiger partial charge on any atom is -0.358 e. The minimum atomic E-state index is 0.479. The van der Waals surface area contributed by atoms with Gasteiger partial charge in [0, 0.05) is 6.04 Å². The molecule has 0 radical (unpaired) electrons. The first-order valence-electron chi connectivity index (χ1n) is 4.64. The molecule has 4 heteroatoms. The Labute approximate surface area is 83.6 Å². The van der Waals surface area contributed by atoms with Crippen LogP contribution >= 0.6 is 11.3 Å². The summed E-state index contributed by atoms with van der Waals surface area (Å²) in [6, 6.07) is 0.479. The number of hydrogen-bond donors (Lipinski definition) is 1. The molecular weight excluding hydrogens is 182 g/mol. The summed E-state index contributed by atoms with van der Waals surface area (Å²) in [7, 11) is 0. The second-order valence-corrected chi connectivity index (χ2v) is 4.98. The van der Waals surface area contributed by atoms with E-state index in [4.69, 9.17) is 0 Å². The van der Waals surface area contributed by atoms with Crippen LogP contribution in [0.25, 0.3) is 0 Å². The zero-order valence-electron chi connectivity index (χ0n) is 8.66. The second kappa shape index (κ2) is 4.56. The maximum absolute atomic E-state index is 4.02. The first-order valence-corrected chi connectivity index (χ1v) is 5.46. The highest BCUT2D eigenvalue weighted by atomic mass is 32.1. The molecule has 1 N–H and O–H groups in total. The van der Waals surface area contributed by atoms with Crippen molar-refractivity contribution >= 4 is 16.5 Å². The molecule has 1 atom stereocenters. The van der Waals surface area contributed by atoms with Gasteiger partial charge in [0.25, 0.3) is 0 Å². The number of anilines is 1. The molecule has 0 aliphatic heterocycles. The van der Waals surface area contributed by atoms with E-state index >= 15 is 0 Å². The molecule has 0 aromatic carbocycles. The number of nitrogens with zero attached hydrogens (tertiary/aromatic N) is 2. The van der Waals surface area contributed by atoms with Crippen molar-refractivity contribution in [3.8, 4) is 0 Å². The Kier molecular flexibility index (Phi) is 3.66. The standard InChI is InChI=1S/C9H17N3S/c1-6(2)5-7(3)10-9-12-11-8(4)13-9/h6-7H,5H2,1-4H3,(H,10,12). The summed E-state index contributed by atoms with van der Waals surface area (Å²) < 4.78 is 0. The molecule has 0 fully saturated rings. The Balaban J connectivity index is 2.40. The van der Waals surface area contributed by atoms with Crippen molar-refractivity contribution in [2.75, 3.05) is 5.32 Å². The van der Waals surface area contributed by atoms with Gasteiger partial charge in [-0.1, -0.05) is 25.2 Å². The lowest BCUT2D eigenvalue weighted by molar-refractivity contribution is 0.539. The molecule has 1 rings (SSSR count). The second-order valence-electron chi connectivity index (χ2n) is 3.80. The molecule has 0 aliphatic rings. The van der Waals surface area contributed by atoms with Gasteiger partial charge in [-0.3, -0.25) is 0 Å². The number of rotatable bonds is 4. The third-order valence-electron chi connectivity index (χ3n) is 1.72. The van der Waals surface area contributed by atoms with E-state index in [1.54, 1.807) is 11.3 Å². The number of hydrogen-bond acceptors (Lipinski definition) is 4. The molecule has 0 spiro atoms. The van der Waals surface area contributed by atoms with Crippen LogP contribution in [0.15, 0.2) is 0 Å². The largest absolute Gasteiger partial charge is 0.358 e. The van der Waals surface area contributed by atoms with Gasteiger partial charge >= 0.3 is 0 Å². The van der Waals surface area contributed by atoms with Gasteiger partial charge in [-0.25, -0.2) is 0 Å². The average molecular weight is 199 g/mol. The van der Waals surface area contributed by atoms with Crippen LogP contribution in [0.2, 0.25) is 0 Å². The third kappa shape index (κ3) is 3.72. The third-order valence-corrected chi connectivity index (χ3v) is 2.49. The van der Waals surface area contributed by atoms with Crippen LogP contribution in [-0.4, -0.2) is 16.2 Å². The van der Waals surface area contributed by atoms with Gasteiger partial charge in [-0.15, -0.1) is 10.2 Å². The molecule has 0 saturated heterocycles. The van der Waals surface area contributed by atoms with Crippen molar-refractivity contribution in [1.82, 2.24) is 10.2 Å². The van der Waals surface area contributed by atoms with E-state index in [2.05, 4.69) is 36.3 Å². The lowest BCUT2D eigenvalue weighted by atomic mass is 10.1. The van der Waals surface area contributed by atoms with E-state index in [1.807, 2.05) is 6.92 Å². The first-order chi connectivity index (χ1) is 6.08. The van der Waals surface area contributed by atoms with E-state index in [-0.39, 0.29) is 0 Å². The average Bonchev–Trinajstić information content (AvgIpc) is 2.33. The Morgan fingerprint density at radius 3 is 2.46 bits per heavy atom. The van der Waals surface area contributed by atoms with Gasteiger partial charge in [-0.05, 0) is 26.2 Å². The lowest BCUT2D eigenvalue weighted by Gasteiger charge is -2.14. The molecule has 1 aromatic heterocycles. The predicted octanol–water partition coefficient (Wildman–Crippen LogP) is 2.69. The van der Waals surface area contributed by atoms with E-state index in [0.29, 0.717) is 6.04 Å². The number of aryl methyl sites for hydroxylation is 1. The summed E-state index contributed by atoms with van der Waals surface area (Å²) >= 11 is 1.61. The smallest absolute Gasteiger partial charge is 0.205 e. The molecule has 0 saturated carbocycles. The summed E-state index contributed by atoms with van der Waals surface area (Å²) in [6.45, 7) is 8.60. The highest BCUT2D eigenvalue weighted by Crippen LogP contribution is 2.16. The fraction of sp³-hybridized carbons (Fsp3) is 0.778. The van der Waals surface area contributed by atoms with Gasteiger partial charge in [0.2, 0.25) is 5.13 Å². The fourth-order valence-corrected chi connectivity index (χ4v) is 2.03. The maximum Gasteiger partial charge on any atom is 0.205 e. The normalized spacial score (nSPS) is 13.3. The van der Waals surface area contributed by atoms with Crippen molar-refractivity contribution in [1.29, 1.82) is 0 Å². The molecule has 74 valence electrons. The quantitative estimate of drug-likeness (QED) is 0.810. The van der Waals surface area contributed by atoms with Crippen molar-refractivity contribution in [3.63, 3.8) is 0 Å². The Morgan fingerprint density at radius 1 is 1.31 bits per heavy atom. The van der Waals surface area contributed by atoms with Crippen molar-refractivity contribution in [2.24, 2.45) is 5.92 Å². The number of nitrogens with one attached hydrogen (secondary N) is 1. The molecule has 1 unspecified atom stereocenters. The van der Waals surface area contributed by atoms with Gasteiger partial charge in [-0.2, -0.15) is 0 Å². The van der Waals surface area contributed by atoms with Gasteiger partial charge in [0.15, 0.2) is 0 Å². The van der Waals surface area contributed by atoms with E-state index < -0.39 is 0 Å². The highest BCUT2D eigenvalue weighted by Gasteiger charge is 2.07. The molecule has 13 heavy (non-hydrogen) atoms. The van der Waals surface area contributed by atoms with Crippen LogP contribution in [0.3, 0.4) is 0 Å². The van der Waals surface area contributed by atoms with Crippen LogP contribution < -0.4 is 5.32 Å². The van der Waals surface area contributed by atoms with E-state index in [0.717, 1.165) is 16.1 Å². The van der Waals surface area contributed by atoms with Gasteiger partial charge < -0.3 is 5.32 Å². The lowest BCUT2D eigenvalue weighted by Crippen LogP contribution is -2.17. The summed E-state index contributed by atoms with van der Waals surface area (Å²) in [6.07, 6.45) is 1.17. The van der Waals surface area contributed by atoms with E-state index in [1.165, 1.54) is 6.42 Å². The molecule has 0 bridgehead atoms. The van der Waals surface area contributed by atoms with Crippen LogP contribution in [0.4, 0.5) is 5.13 Å².